The molecule has 3 N–H and O–H groups in total. The van der Waals surface area contributed by atoms with Gasteiger partial charge in [-0.25, -0.2) is 8.78 Å². The molecule has 0 aliphatic carbocycles. The van der Waals surface area contributed by atoms with E-state index in [2.05, 4.69) is 23.7 Å². The van der Waals surface area contributed by atoms with Gasteiger partial charge >= 0.3 is 11.9 Å². The van der Waals surface area contributed by atoms with E-state index in [0.717, 1.165) is 6.07 Å². The van der Waals surface area contributed by atoms with Crippen LogP contribution in [-0.4, -0.2) is 34.4 Å². The summed E-state index contributed by atoms with van der Waals surface area (Å²) in [4.78, 5) is 21.3. The van der Waals surface area contributed by atoms with Gasteiger partial charge in [0, 0.05) is 23.3 Å². The van der Waals surface area contributed by atoms with Crippen molar-refractivity contribution in [3.05, 3.63) is 59.2 Å². The maximum atomic E-state index is 13.7. The third-order valence-corrected chi connectivity index (χ3v) is 4.34. The number of aromatic hydroxyl groups is 1. The lowest BCUT2D eigenvalue weighted by atomic mass is 9.95. The topological polar surface area (TPSA) is 104 Å². The molecule has 0 amide bonds. The van der Waals surface area contributed by atoms with E-state index in [0.29, 0.717) is 5.75 Å². The largest absolute Gasteiger partial charge is 0.508 e. The second kappa shape index (κ2) is 13.4. The van der Waals surface area contributed by atoms with E-state index in [4.69, 9.17) is 20.1 Å². The van der Waals surface area contributed by atoms with Gasteiger partial charge in [-0.3, -0.25) is 9.59 Å². The number of rotatable bonds is 7. The molecular formula is C25H24F2O6. The van der Waals surface area contributed by atoms with Gasteiger partial charge in [-0.15, -0.1) is 11.8 Å². The van der Waals surface area contributed by atoms with Crippen molar-refractivity contribution in [3.8, 4) is 35.2 Å². The molecule has 6 nitrogen and oxygen atoms in total. The van der Waals surface area contributed by atoms with E-state index < -0.39 is 35.4 Å². The molecular weight excluding hydrogens is 434 g/mol. The highest BCUT2D eigenvalue weighted by Gasteiger charge is 2.18. The number of hydrogen-bond donors (Lipinski definition) is 3. The summed E-state index contributed by atoms with van der Waals surface area (Å²) in [6, 6.07) is 7.92. The summed E-state index contributed by atoms with van der Waals surface area (Å²) < 4.78 is 32.1. The molecule has 0 heterocycles. The van der Waals surface area contributed by atoms with Crippen molar-refractivity contribution in [1.29, 1.82) is 0 Å². The molecule has 0 saturated heterocycles. The Kier molecular flexibility index (Phi) is 11.0. The number of hydrogen-bond acceptors (Lipinski definition) is 4. The van der Waals surface area contributed by atoms with Gasteiger partial charge in [0.25, 0.3) is 0 Å². The maximum absolute atomic E-state index is 13.7. The first-order valence-corrected chi connectivity index (χ1v) is 9.72. The quantitative estimate of drug-likeness (QED) is 0.527. The number of methoxy groups -OCH3 is 1. The third kappa shape index (κ3) is 8.92. The van der Waals surface area contributed by atoms with E-state index in [1.54, 1.807) is 19.9 Å². The molecule has 2 unspecified atom stereocenters. The predicted molar refractivity (Wildman–Crippen MR) is 118 cm³/mol. The van der Waals surface area contributed by atoms with Gasteiger partial charge in [0.1, 0.15) is 23.1 Å². The fourth-order valence-corrected chi connectivity index (χ4v) is 2.89. The van der Waals surface area contributed by atoms with Crippen LogP contribution in [-0.2, 0) is 9.59 Å². The smallest absolute Gasteiger partial charge is 0.304 e. The number of benzene rings is 2. The van der Waals surface area contributed by atoms with Gasteiger partial charge in [-0.1, -0.05) is 24.0 Å². The van der Waals surface area contributed by atoms with Crippen molar-refractivity contribution in [3.63, 3.8) is 0 Å². The van der Waals surface area contributed by atoms with Crippen LogP contribution in [0, 0.1) is 35.3 Å². The molecule has 0 aliphatic rings. The highest BCUT2D eigenvalue weighted by molar-refractivity contribution is 5.69. The monoisotopic (exact) mass is 458 g/mol. The van der Waals surface area contributed by atoms with Crippen molar-refractivity contribution >= 4 is 11.9 Å². The van der Waals surface area contributed by atoms with Gasteiger partial charge in [0.2, 0.25) is 0 Å². The van der Waals surface area contributed by atoms with E-state index in [1.165, 1.54) is 31.4 Å². The normalized spacial score (nSPS) is 11.3. The summed E-state index contributed by atoms with van der Waals surface area (Å²) in [6.07, 6.45) is -0.480. The highest BCUT2D eigenvalue weighted by Crippen LogP contribution is 2.26. The molecule has 174 valence electrons. The Hall–Kier alpha value is -4.04. The minimum Gasteiger partial charge on any atom is -0.508 e. The molecule has 2 rings (SSSR count). The SMILES string of the molecule is CC#CC(CC(=O)O)c1ccc(O)cc1F.CC#CC(CC(=O)O)c1ccc(OC)cc1F. The molecule has 0 saturated carbocycles. The van der Waals surface area contributed by atoms with Crippen LogP contribution in [0.1, 0.15) is 49.7 Å². The Morgan fingerprint density at radius 3 is 1.70 bits per heavy atom. The fourth-order valence-electron chi connectivity index (χ4n) is 2.89. The van der Waals surface area contributed by atoms with Gasteiger partial charge in [0.05, 0.1) is 31.8 Å². The molecule has 0 spiro atoms. The highest BCUT2D eigenvalue weighted by atomic mass is 19.1. The number of halogens is 2. The van der Waals surface area contributed by atoms with Crippen molar-refractivity contribution in [2.45, 2.75) is 38.5 Å². The number of carboxylic acids is 2. The number of carboxylic acid groups (broad SMARTS) is 2. The molecule has 33 heavy (non-hydrogen) atoms. The first-order valence-electron chi connectivity index (χ1n) is 9.72. The molecule has 0 aromatic heterocycles. The van der Waals surface area contributed by atoms with E-state index >= 15 is 0 Å². The standard InChI is InChI=1S/C13H13FO3.C12H11FO3/c1-3-4-9(7-13(15)16)11-6-5-10(17-2)8-12(11)14;1-2-3-8(6-12(15)16)10-5-4-9(14)7-11(10)13/h5-6,8-9H,7H2,1-2H3,(H,15,16);4-5,7-8,14H,6H2,1H3,(H,15,16). The first kappa shape index (κ1) is 27.0. The van der Waals surface area contributed by atoms with Crippen molar-refractivity contribution in [2.75, 3.05) is 7.11 Å². The van der Waals surface area contributed by atoms with Gasteiger partial charge in [-0.05, 0) is 26.0 Å². The molecule has 0 bridgehead atoms. The molecule has 8 heteroatoms. The van der Waals surface area contributed by atoms with Crippen molar-refractivity contribution in [1.82, 2.24) is 0 Å². The zero-order chi connectivity index (χ0) is 25.0. The zero-order valence-corrected chi connectivity index (χ0v) is 18.4. The number of carbonyl (C=O) groups is 2. The second-order valence-electron chi connectivity index (χ2n) is 6.68. The Morgan fingerprint density at radius 2 is 1.33 bits per heavy atom. The number of phenols is 1. The molecule has 0 radical (unpaired) electrons. The first-order chi connectivity index (χ1) is 15.6. The Bertz CT molecular complexity index is 1110. The van der Waals surface area contributed by atoms with Crippen LogP contribution < -0.4 is 4.74 Å². The second-order valence-corrected chi connectivity index (χ2v) is 6.68. The van der Waals surface area contributed by atoms with Gasteiger partial charge in [0.15, 0.2) is 0 Å². The van der Waals surface area contributed by atoms with E-state index in [1.807, 2.05) is 0 Å². The Balaban J connectivity index is 0.000000331. The summed E-state index contributed by atoms with van der Waals surface area (Å²) in [5.74, 6) is 6.20. The minimum absolute atomic E-state index is 0.189. The lowest BCUT2D eigenvalue weighted by molar-refractivity contribution is -0.138. The zero-order valence-electron chi connectivity index (χ0n) is 18.4. The Morgan fingerprint density at radius 1 is 0.879 bits per heavy atom. The number of ether oxygens (including phenoxy) is 1. The van der Waals surface area contributed by atoms with Gasteiger partial charge in [-0.2, -0.15) is 0 Å². The molecule has 0 aliphatic heterocycles. The summed E-state index contributed by atoms with van der Waals surface area (Å²) in [6.45, 7) is 3.16. The summed E-state index contributed by atoms with van der Waals surface area (Å²) >= 11 is 0. The van der Waals surface area contributed by atoms with Gasteiger partial charge < -0.3 is 20.1 Å². The molecule has 2 atom stereocenters. The van der Waals surface area contributed by atoms with E-state index in [-0.39, 0.29) is 29.7 Å². The number of phenolic OH excluding ortho intramolecular Hbond substituents is 1. The van der Waals surface area contributed by atoms with Crippen LogP contribution in [0.25, 0.3) is 0 Å². The summed E-state index contributed by atoms with van der Waals surface area (Å²) in [5, 5.41) is 26.5. The van der Waals surface area contributed by atoms with Crippen LogP contribution in [0.5, 0.6) is 11.5 Å². The lowest BCUT2D eigenvalue weighted by Gasteiger charge is -2.10. The average Bonchev–Trinajstić information content (AvgIpc) is 2.73. The Labute approximate surface area is 190 Å². The van der Waals surface area contributed by atoms with Crippen LogP contribution in [0.4, 0.5) is 8.78 Å². The minimum atomic E-state index is -1.04. The lowest BCUT2D eigenvalue weighted by Crippen LogP contribution is -2.06. The number of aliphatic carboxylic acids is 2. The molecule has 2 aromatic rings. The van der Waals surface area contributed by atoms with Crippen LogP contribution in [0.3, 0.4) is 0 Å². The van der Waals surface area contributed by atoms with E-state index in [9.17, 15) is 18.4 Å². The molecule has 0 fully saturated rings. The van der Waals surface area contributed by atoms with Crippen LogP contribution >= 0.6 is 0 Å². The van der Waals surface area contributed by atoms with Crippen molar-refractivity contribution < 1.29 is 38.4 Å². The molecule has 2 aromatic carbocycles. The third-order valence-electron chi connectivity index (χ3n) is 4.34. The average molecular weight is 458 g/mol. The fraction of sp³-hybridized carbons (Fsp3) is 0.280. The van der Waals surface area contributed by atoms with Crippen LogP contribution in [0.2, 0.25) is 0 Å². The van der Waals surface area contributed by atoms with Crippen LogP contribution in [0.15, 0.2) is 36.4 Å². The maximum Gasteiger partial charge on any atom is 0.304 e. The summed E-state index contributed by atoms with van der Waals surface area (Å²) in [5.41, 5.74) is 0.470. The predicted octanol–water partition coefficient (Wildman–Crippen LogP) is 4.53. The summed E-state index contributed by atoms with van der Waals surface area (Å²) in [7, 11) is 1.44. The van der Waals surface area contributed by atoms with Crippen molar-refractivity contribution in [2.24, 2.45) is 0 Å².